The van der Waals surface area contributed by atoms with Gasteiger partial charge in [-0.05, 0) is 54.0 Å². The van der Waals surface area contributed by atoms with Crippen molar-refractivity contribution in [3.05, 3.63) is 28.5 Å². The Balaban J connectivity index is 0.00000144. The first-order valence-corrected chi connectivity index (χ1v) is 6.57. The van der Waals surface area contributed by atoms with E-state index in [2.05, 4.69) is 44.2 Å². The van der Waals surface area contributed by atoms with Crippen molar-refractivity contribution in [2.75, 3.05) is 20.1 Å². The van der Waals surface area contributed by atoms with Crippen molar-refractivity contribution in [1.82, 2.24) is 15.2 Å². The number of aromatic nitrogens is 1. The Kier molecular flexibility index (Phi) is 6.41. The molecule has 1 fully saturated rings. The molecule has 0 aliphatic carbocycles. The fourth-order valence-corrected chi connectivity index (χ4v) is 2.43. The van der Waals surface area contributed by atoms with Gasteiger partial charge >= 0.3 is 0 Å². The molecule has 17 heavy (non-hydrogen) atoms. The number of hydrogen-bond donors (Lipinski definition) is 1. The first-order valence-electron chi connectivity index (χ1n) is 5.78. The zero-order valence-corrected chi connectivity index (χ0v) is 12.4. The molecule has 1 aromatic rings. The van der Waals surface area contributed by atoms with Gasteiger partial charge in [0.15, 0.2) is 0 Å². The Morgan fingerprint density at radius 1 is 1.53 bits per heavy atom. The quantitative estimate of drug-likeness (QED) is 0.867. The van der Waals surface area contributed by atoms with E-state index in [9.17, 15) is 0 Å². The Labute approximate surface area is 118 Å². The van der Waals surface area contributed by atoms with Crippen LogP contribution < -0.4 is 5.32 Å². The Hall–Kier alpha value is -0.160. The summed E-state index contributed by atoms with van der Waals surface area (Å²) >= 11 is 3.36. The summed E-state index contributed by atoms with van der Waals surface area (Å²) in [4.78, 5) is 6.75. The number of likely N-dealkylation sites (tertiary alicyclic amines) is 1. The first-order chi connectivity index (χ1) is 7.78. The number of piperidine rings is 1. The van der Waals surface area contributed by atoms with Crippen LogP contribution in [0.4, 0.5) is 0 Å². The van der Waals surface area contributed by atoms with Gasteiger partial charge in [0.05, 0.1) is 0 Å². The summed E-state index contributed by atoms with van der Waals surface area (Å²) in [6.07, 6.45) is 4.54. The summed E-state index contributed by atoms with van der Waals surface area (Å²) in [5.74, 6) is 0. The number of nitrogens with one attached hydrogen (secondary N) is 1. The predicted octanol–water partition coefficient (Wildman–Crippen LogP) is 2.45. The van der Waals surface area contributed by atoms with Crippen molar-refractivity contribution in [3.8, 4) is 0 Å². The van der Waals surface area contributed by atoms with Crippen LogP contribution in [0.5, 0.6) is 0 Å². The van der Waals surface area contributed by atoms with Gasteiger partial charge in [0.25, 0.3) is 0 Å². The third kappa shape index (κ3) is 4.54. The lowest BCUT2D eigenvalue weighted by Crippen LogP contribution is -2.43. The van der Waals surface area contributed by atoms with Gasteiger partial charge in [-0.25, -0.2) is 4.98 Å². The van der Waals surface area contributed by atoms with Crippen molar-refractivity contribution < 1.29 is 0 Å². The van der Waals surface area contributed by atoms with E-state index < -0.39 is 0 Å². The lowest BCUT2D eigenvalue weighted by atomic mass is 10.1. The molecule has 1 aromatic heterocycles. The number of hydrogen-bond acceptors (Lipinski definition) is 3. The third-order valence-corrected chi connectivity index (χ3v) is 3.58. The maximum atomic E-state index is 4.26. The lowest BCUT2D eigenvalue weighted by molar-refractivity contribution is 0.188. The number of pyridine rings is 1. The highest BCUT2D eigenvalue weighted by molar-refractivity contribution is 9.10. The second kappa shape index (κ2) is 7.31. The fourth-order valence-electron chi connectivity index (χ4n) is 2.19. The van der Waals surface area contributed by atoms with E-state index in [1.165, 1.54) is 24.9 Å². The van der Waals surface area contributed by atoms with Gasteiger partial charge in [0.1, 0.15) is 4.60 Å². The van der Waals surface area contributed by atoms with E-state index in [0.717, 1.165) is 17.7 Å². The first kappa shape index (κ1) is 14.9. The van der Waals surface area contributed by atoms with Crippen molar-refractivity contribution >= 4 is 28.3 Å². The van der Waals surface area contributed by atoms with Gasteiger partial charge in [0, 0.05) is 25.3 Å². The molecule has 0 amide bonds. The molecular weight excluding hydrogens is 302 g/mol. The van der Waals surface area contributed by atoms with Crippen LogP contribution in [0.1, 0.15) is 18.4 Å². The van der Waals surface area contributed by atoms with Crippen LogP contribution in [0.15, 0.2) is 22.9 Å². The molecule has 0 radical (unpaired) electrons. The van der Waals surface area contributed by atoms with Crippen molar-refractivity contribution in [2.45, 2.75) is 25.4 Å². The van der Waals surface area contributed by atoms with Crippen molar-refractivity contribution in [2.24, 2.45) is 0 Å². The van der Waals surface area contributed by atoms with Gasteiger partial charge < -0.3 is 5.32 Å². The molecule has 2 rings (SSSR count). The minimum atomic E-state index is 0. The predicted molar refractivity (Wildman–Crippen MR) is 76.5 cm³/mol. The molecular formula is C12H19BrClN3. The molecule has 5 heteroatoms. The monoisotopic (exact) mass is 319 g/mol. The Morgan fingerprint density at radius 2 is 2.35 bits per heavy atom. The minimum absolute atomic E-state index is 0. The van der Waals surface area contributed by atoms with E-state index in [1.807, 2.05) is 12.3 Å². The van der Waals surface area contributed by atoms with E-state index in [-0.39, 0.29) is 12.4 Å². The second-order valence-electron chi connectivity index (χ2n) is 4.35. The van der Waals surface area contributed by atoms with Gasteiger partial charge in [-0.15, -0.1) is 12.4 Å². The SMILES string of the molecule is CNC1CCCN(Cc2ccc(Br)nc2)C1.Cl. The van der Waals surface area contributed by atoms with Gasteiger partial charge in [-0.1, -0.05) is 6.07 Å². The van der Waals surface area contributed by atoms with Gasteiger partial charge in [-0.2, -0.15) is 0 Å². The summed E-state index contributed by atoms with van der Waals surface area (Å²) < 4.78 is 0.906. The second-order valence-corrected chi connectivity index (χ2v) is 5.16. The standard InChI is InChI=1S/C12H18BrN3.ClH/c1-14-11-3-2-6-16(9-11)8-10-4-5-12(13)15-7-10;/h4-5,7,11,14H,2-3,6,8-9H2,1H3;1H. The van der Waals surface area contributed by atoms with Gasteiger partial charge in [-0.3, -0.25) is 4.90 Å². The molecule has 1 aliphatic heterocycles. The zero-order valence-electron chi connectivity index (χ0n) is 10.0. The maximum absolute atomic E-state index is 4.26. The van der Waals surface area contributed by atoms with Crippen LogP contribution in [-0.4, -0.2) is 36.1 Å². The lowest BCUT2D eigenvalue weighted by Gasteiger charge is -2.32. The number of nitrogens with zero attached hydrogens (tertiary/aromatic N) is 2. The van der Waals surface area contributed by atoms with E-state index >= 15 is 0 Å². The highest BCUT2D eigenvalue weighted by Gasteiger charge is 2.18. The van der Waals surface area contributed by atoms with E-state index in [1.54, 1.807) is 0 Å². The number of likely N-dealkylation sites (N-methyl/N-ethyl adjacent to an activating group) is 1. The summed E-state index contributed by atoms with van der Waals surface area (Å²) in [5.41, 5.74) is 1.29. The zero-order chi connectivity index (χ0) is 11.4. The molecule has 1 atom stereocenters. The largest absolute Gasteiger partial charge is 0.316 e. The molecule has 0 aromatic carbocycles. The van der Waals surface area contributed by atoms with Crippen molar-refractivity contribution in [3.63, 3.8) is 0 Å². The molecule has 0 saturated carbocycles. The average molecular weight is 321 g/mol. The maximum Gasteiger partial charge on any atom is 0.106 e. The molecule has 0 bridgehead atoms. The van der Waals surface area contributed by atoms with Gasteiger partial charge in [0.2, 0.25) is 0 Å². The smallest absolute Gasteiger partial charge is 0.106 e. The Morgan fingerprint density at radius 3 is 3.00 bits per heavy atom. The number of rotatable bonds is 3. The molecule has 0 spiro atoms. The van der Waals surface area contributed by atoms with Crippen LogP contribution in [-0.2, 0) is 6.54 Å². The summed E-state index contributed by atoms with van der Waals surface area (Å²) in [6, 6.07) is 4.80. The van der Waals surface area contributed by atoms with E-state index in [0.29, 0.717) is 6.04 Å². The van der Waals surface area contributed by atoms with Crippen LogP contribution in [0.3, 0.4) is 0 Å². The van der Waals surface area contributed by atoms with Crippen molar-refractivity contribution in [1.29, 1.82) is 0 Å². The van der Waals surface area contributed by atoms with Crippen LogP contribution in [0, 0.1) is 0 Å². The van der Waals surface area contributed by atoms with Crippen LogP contribution in [0.2, 0.25) is 0 Å². The normalized spacial score (nSPS) is 20.9. The van der Waals surface area contributed by atoms with E-state index in [4.69, 9.17) is 0 Å². The average Bonchev–Trinajstić information content (AvgIpc) is 2.32. The Bertz CT molecular complexity index is 331. The highest BCUT2D eigenvalue weighted by Crippen LogP contribution is 2.14. The molecule has 2 heterocycles. The topological polar surface area (TPSA) is 28.2 Å². The molecule has 96 valence electrons. The summed E-state index contributed by atoms with van der Waals surface area (Å²) in [5, 5.41) is 3.36. The molecule has 1 N–H and O–H groups in total. The number of halogens is 2. The van der Waals surface area contributed by atoms with Crippen LogP contribution in [0.25, 0.3) is 0 Å². The van der Waals surface area contributed by atoms with Crippen LogP contribution >= 0.6 is 28.3 Å². The molecule has 1 saturated heterocycles. The summed E-state index contributed by atoms with van der Waals surface area (Å²) in [7, 11) is 2.05. The highest BCUT2D eigenvalue weighted by atomic mass is 79.9. The molecule has 3 nitrogen and oxygen atoms in total. The summed E-state index contributed by atoms with van der Waals surface area (Å²) in [6.45, 7) is 3.36. The minimum Gasteiger partial charge on any atom is -0.316 e. The third-order valence-electron chi connectivity index (χ3n) is 3.11. The fraction of sp³-hybridized carbons (Fsp3) is 0.583. The molecule has 1 unspecified atom stereocenters. The molecule has 1 aliphatic rings.